The highest BCUT2D eigenvalue weighted by molar-refractivity contribution is 5.83. The van der Waals surface area contributed by atoms with E-state index < -0.39 is 5.97 Å². The van der Waals surface area contributed by atoms with Crippen LogP contribution in [0.25, 0.3) is 11.4 Å². The molecule has 0 amide bonds. The minimum Gasteiger partial charge on any atom is -0.474 e. The molecule has 0 atom stereocenters. The first kappa shape index (κ1) is 13.7. The Morgan fingerprint density at radius 2 is 2.00 bits per heavy atom. The highest BCUT2D eigenvalue weighted by Crippen LogP contribution is 2.22. The predicted molar refractivity (Wildman–Crippen MR) is 79.0 cm³/mol. The number of aromatic carboxylic acids is 1. The number of anilines is 2. The Bertz CT molecular complexity index is 815. The zero-order chi connectivity index (χ0) is 15.5. The maximum atomic E-state index is 10.8. The van der Waals surface area contributed by atoms with Crippen LogP contribution < -0.4 is 5.32 Å². The van der Waals surface area contributed by atoms with E-state index in [1.807, 2.05) is 37.3 Å². The molecule has 0 unspecified atom stereocenters. The van der Waals surface area contributed by atoms with Crippen LogP contribution in [0.3, 0.4) is 0 Å². The summed E-state index contributed by atoms with van der Waals surface area (Å²) in [5, 5.41) is 11.9. The first-order valence-corrected chi connectivity index (χ1v) is 6.48. The number of aromatic nitrogens is 3. The summed E-state index contributed by atoms with van der Waals surface area (Å²) in [5.41, 5.74) is 2.49. The Labute approximate surface area is 125 Å². The van der Waals surface area contributed by atoms with Crippen molar-refractivity contribution in [3.8, 4) is 11.4 Å². The fraction of sp³-hybridized carbons (Fsp3) is 0.0667. The quantitative estimate of drug-likeness (QED) is 0.763. The van der Waals surface area contributed by atoms with Crippen molar-refractivity contribution in [3.63, 3.8) is 0 Å². The lowest BCUT2D eigenvalue weighted by atomic mass is 10.2. The molecule has 0 saturated carbocycles. The molecule has 0 bridgehead atoms. The molecule has 0 saturated heterocycles. The van der Waals surface area contributed by atoms with E-state index in [0.29, 0.717) is 17.3 Å². The van der Waals surface area contributed by atoms with Crippen molar-refractivity contribution in [2.24, 2.45) is 0 Å². The zero-order valence-corrected chi connectivity index (χ0v) is 11.6. The third-order valence-electron chi connectivity index (χ3n) is 2.93. The van der Waals surface area contributed by atoms with Gasteiger partial charge in [0.2, 0.25) is 5.95 Å². The number of nitrogens with one attached hydrogen (secondary N) is 1. The number of hydrogen-bond acceptors (Lipinski definition) is 6. The molecule has 1 aromatic carbocycles. The predicted octanol–water partition coefficient (Wildman–Crippen LogP) is 2.88. The summed E-state index contributed by atoms with van der Waals surface area (Å²) in [6.07, 6.45) is 2.91. The van der Waals surface area contributed by atoms with Crippen molar-refractivity contribution < 1.29 is 14.3 Å². The summed E-state index contributed by atoms with van der Waals surface area (Å²) in [7, 11) is 0. The molecule has 0 fully saturated rings. The summed E-state index contributed by atoms with van der Waals surface area (Å²) in [4.78, 5) is 23.3. The van der Waals surface area contributed by atoms with Gasteiger partial charge in [-0.05, 0) is 24.6 Å². The van der Waals surface area contributed by atoms with Gasteiger partial charge in [0.1, 0.15) is 17.7 Å². The number of rotatable bonds is 4. The molecule has 0 aliphatic carbocycles. The average Bonchev–Trinajstić information content (AvgIpc) is 3.00. The number of benzene rings is 1. The second-order valence-corrected chi connectivity index (χ2v) is 4.56. The fourth-order valence-corrected chi connectivity index (χ4v) is 1.89. The highest BCUT2D eigenvalue weighted by Gasteiger charge is 2.15. The Morgan fingerprint density at radius 3 is 2.68 bits per heavy atom. The average molecular weight is 296 g/mol. The van der Waals surface area contributed by atoms with Crippen molar-refractivity contribution in [2.75, 3.05) is 5.32 Å². The SMILES string of the molecule is Cc1cnc(Nc2ccccc2)nc1-c1coc(C(=O)O)n1. The number of oxazole rings is 1. The summed E-state index contributed by atoms with van der Waals surface area (Å²) in [6, 6.07) is 9.49. The van der Waals surface area contributed by atoms with Crippen LogP contribution in [0.15, 0.2) is 47.2 Å². The summed E-state index contributed by atoms with van der Waals surface area (Å²) < 4.78 is 4.90. The molecule has 0 radical (unpaired) electrons. The van der Waals surface area contributed by atoms with Crippen LogP contribution in [0, 0.1) is 6.92 Å². The van der Waals surface area contributed by atoms with Crippen LogP contribution in [-0.2, 0) is 0 Å². The molecule has 3 aromatic rings. The van der Waals surface area contributed by atoms with Gasteiger partial charge in [-0.15, -0.1) is 0 Å². The lowest BCUT2D eigenvalue weighted by Crippen LogP contribution is -2.00. The number of carboxylic acid groups (broad SMARTS) is 1. The van der Waals surface area contributed by atoms with Gasteiger partial charge < -0.3 is 14.8 Å². The standard InChI is InChI=1S/C15H12N4O3/c1-9-7-16-15(17-10-5-3-2-4-6-10)19-12(9)11-8-22-13(18-11)14(20)21/h2-8H,1H3,(H,20,21)(H,16,17,19). The van der Waals surface area contributed by atoms with Crippen LogP contribution in [0.2, 0.25) is 0 Å². The molecule has 3 rings (SSSR count). The van der Waals surface area contributed by atoms with E-state index in [0.717, 1.165) is 11.3 Å². The lowest BCUT2D eigenvalue weighted by molar-refractivity contribution is 0.0653. The molecule has 22 heavy (non-hydrogen) atoms. The van der Waals surface area contributed by atoms with E-state index in [1.54, 1.807) is 6.20 Å². The van der Waals surface area contributed by atoms with Crippen molar-refractivity contribution >= 4 is 17.6 Å². The van der Waals surface area contributed by atoms with E-state index >= 15 is 0 Å². The van der Waals surface area contributed by atoms with Gasteiger partial charge in [0.05, 0.1) is 0 Å². The largest absolute Gasteiger partial charge is 0.474 e. The van der Waals surface area contributed by atoms with Gasteiger partial charge in [-0.3, -0.25) is 0 Å². The van der Waals surface area contributed by atoms with Crippen LogP contribution in [0.4, 0.5) is 11.6 Å². The normalized spacial score (nSPS) is 10.4. The third-order valence-corrected chi connectivity index (χ3v) is 2.93. The first-order chi connectivity index (χ1) is 10.6. The zero-order valence-electron chi connectivity index (χ0n) is 11.6. The second kappa shape index (κ2) is 5.65. The van der Waals surface area contributed by atoms with Gasteiger partial charge in [-0.2, -0.15) is 0 Å². The molecule has 2 heterocycles. The van der Waals surface area contributed by atoms with Crippen LogP contribution in [-0.4, -0.2) is 26.0 Å². The molecular formula is C15H12N4O3. The summed E-state index contributed by atoms with van der Waals surface area (Å²) >= 11 is 0. The van der Waals surface area contributed by atoms with E-state index in [2.05, 4.69) is 20.3 Å². The van der Waals surface area contributed by atoms with Crippen LogP contribution in [0.1, 0.15) is 16.2 Å². The van der Waals surface area contributed by atoms with E-state index in [-0.39, 0.29) is 5.89 Å². The van der Waals surface area contributed by atoms with Crippen LogP contribution in [0.5, 0.6) is 0 Å². The number of hydrogen-bond donors (Lipinski definition) is 2. The molecule has 0 aliphatic rings. The van der Waals surface area contributed by atoms with E-state index in [9.17, 15) is 4.79 Å². The van der Waals surface area contributed by atoms with Gasteiger partial charge in [0.15, 0.2) is 0 Å². The van der Waals surface area contributed by atoms with Gasteiger partial charge >= 0.3 is 11.9 Å². The molecule has 2 N–H and O–H groups in total. The maximum absolute atomic E-state index is 10.8. The smallest absolute Gasteiger partial charge is 0.392 e. The number of para-hydroxylation sites is 1. The van der Waals surface area contributed by atoms with E-state index in [1.165, 1.54) is 6.26 Å². The Balaban J connectivity index is 1.94. The minimum absolute atomic E-state index is 0.355. The molecule has 0 aliphatic heterocycles. The lowest BCUT2D eigenvalue weighted by Gasteiger charge is -2.07. The van der Waals surface area contributed by atoms with Crippen LogP contribution >= 0.6 is 0 Å². The number of carbonyl (C=O) groups is 1. The highest BCUT2D eigenvalue weighted by atomic mass is 16.4. The first-order valence-electron chi connectivity index (χ1n) is 6.48. The maximum Gasteiger partial charge on any atom is 0.392 e. The molecule has 7 nitrogen and oxygen atoms in total. The van der Waals surface area contributed by atoms with Crippen molar-refractivity contribution in [1.29, 1.82) is 0 Å². The van der Waals surface area contributed by atoms with Gasteiger partial charge in [0, 0.05) is 11.9 Å². The van der Waals surface area contributed by atoms with Gasteiger partial charge in [-0.25, -0.2) is 19.7 Å². The fourth-order valence-electron chi connectivity index (χ4n) is 1.89. The molecule has 7 heteroatoms. The van der Waals surface area contributed by atoms with Gasteiger partial charge in [-0.1, -0.05) is 18.2 Å². The third kappa shape index (κ3) is 2.78. The topological polar surface area (TPSA) is 101 Å². The Hall–Kier alpha value is -3.22. The number of aryl methyl sites for hydroxylation is 1. The Kier molecular flexibility index (Phi) is 3.53. The second-order valence-electron chi connectivity index (χ2n) is 4.56. The number of nitrogens with zero attached hydrogens (tertiary/aromatic N) is 3. The number of carboxylic acids is 1. The molecule has 110 valence electrons. The summed E-state index contributed by atoms with van der Waals surface area (Å²) in [6.45, 7) is 1.82. The molecular weight excluding hydrogens is 284 g/mol. The van der Waals surface area contributed by atoms with Gasteiger partial charge in [0.25, 0.3) is 0 Å². The monoisotopic (exact) mass is 296 g/mol. The minimum atomic E-state index is -1.22. The molecule has 2 aromatic heterocycles. The Morgan fingerprint density at radius 1 is 1.23 bits per heavy atom. The molecule has 0 spiro atoms. The van der Waals surface area contributed by atoms with E-state index in [4.69, 9.17) is 9.52 Å². The van der Waals surface area contributed by atoms with Crippen molar-refractivity contribution in [3.05, 3.63) is 54.2 Å². The summed E-state index contributed by atoms with van der Waals surface area (Å²) in [5.74, 6) is -1.20. The van der Waals surface area contributed by atoms with Crippen molar-refractivity contribution in [1.82, 2.24) is 15.0 Å². The van der Waals surface area contributed by atoms with Crippen molar-refractivity contribution in [2.45, 2.75) is 6.92 Å².